The van der Waals surface area contributed by atoms with Gasteiger partial charge in [0.1, 0.15) is 0 Å². The predicted octanol–water partition coefficient (Wildman–Crippen LogP) is 2.14. The molecule has 0 spiro atoms. The van der Waals surface area contributed by atoms with E-state index in [-0.39, 0.29) is 12.1 Å². The normalized spacial score (nSPS) is 21.2. The second-order valence-corrected chi connectivity index (χ2v) is 5.29. The molecule has 1 fully saturated rings. The number of benzene rings is 1. The molecule has 1 aromatic carbocycles. The van der Waals surface area contributed by atoms with Gasteiger partial charge in [0.05, 0.1) is 12.7 Å². The summed E-state index contributed by atoms with van der Waals surface area (Å²) in [5.74, 6) is 0. The average Bonchev–Trinajstić information content (AvgIpc) is 2.49. The molecule has 0 unspecified atom stereocenters. The van der Waals surface area contributed by atoms with Gasteiger partial charge in [-0.1, -0.05) is 36.8 Å². The van der Waals surface area contributed by atoms with Crippen molar-refractivity contribution in [3.05, 3.63) is 35.9 Å². The zero-order chi connectivity index (χ0) is 13.3. The van der Waals surface area contributed by atoms with Gasteiger partial charge in [-0.25, -0.2) is 0 Å². The van der Waals surface area contributed by atoms with Crippen molar-refractivity contribution in [2.24, 2.45) is 0 Å². The van der Waals surface area contributed by atoms with Crippen LogP contribution in [0.3, 0.4) is 0 Å². The van der Waals surface area contributed by atoms with Crippen LogP contribution in [-0.4, -0.2) is 37.0 Å². The molecule has 3 heteroatoms. The SMILES string of the molecule is O[C@@H](COCCCc1ccccc1)[C@@H]1CCCCN1. The van der Waals surface area contributed by atoms with E-state index in [0.29, 0.717) is 6.61 Å². The number of aryl methyl sites for hydroxylation is 1. The maximum atomic E-state index is 10.0. The molecule has 0 amide bonds. The molecule has 2 atom stereocenters. The lowest BCUT2D eigenvalue weighted by atomic mass is 10.0. The fraction of sp³-hybridized carbons (Fsp3) is 0.625. The molecule has 1 heterocycles. The van der Waals surface area contributed by atoms with Gasteiger partial charge in [-0.05, 0) is 37.8 Å². The smallest absolute Gasteiger partial charge is 0.0926 e. The van der Waals surface area contributed by atoms with E-state index in [0.717, 1.165) is 32.4 Å². The van der Waals surface area contributed by atoms with E-state index in [1.807, 2.05) is 6.07 Å². The Bertz CT molecular complexity index is 336. The Kier molecular flexibility index (Phi) is 6.34. The first-order valence-electron chi connectivity index (χ1n) is 7.39. The maximum absolute atomic E-state index is 10.0. The van der Waals surface area contributed by atoms with E-state index in [4.69, 9.17) is 4.74 Å². The van der Waals surface area contributed by atoms with Gasteiger partial charge in [-0.2, -0.15) is 0 Å². The van der Waals surface area contributed by atoms with Gasteiger partial charge in [-0.15, -0.1) is 0 Å². The lowest BCUT2D eigenvalue weighted by Gasteiger charge is -2.27. The minimum absolute atomic E-state index is 0.225. The van der Waals surface area contributed by atoms with E-state index in [2.05, 4.69) is 29.6 Å². The van der Waals surface area contributed by atoms with Crippen molar-refractivity contribution in [2.75, 3.05) is 19.8 Å². The highest BCUT2D eigenvalue weighted by atomic mass is 16.5. The largest absolute Gasteiger partial charge is 0.389 e. The number of aliphatic hydroxyl groups excluding tert-OH is 1. The summed E-state index contributed by atoms with van der Waals surface area (Å²) in [6.45, 7) is 2.20. The van der Waals surface area contributed by atoms with Crippen LogP contribution in [0.25, 0.3) is 0 Å². The first-order chi connectivity index (χ1) is 9.36. The summed E-state index contributed by atoms with van der Waals surface area (Å²) in [5, 5.41) is 13.4. The minimum Gasteiger partial charge on any atom is -0.389 e. The third-order valence-corrected chi connectivity index (χ3v) is 3.70. The Morgan fingerprint density at radius 3 is 2.84 bits per heavy atom. The van der Waals surface area contributed by atoms with E-state index >= 15 is 0 Å². The molecular weight excluding hydrogens is 238 g/mol. The molecule has 1 saturated heterocycles. The summed E-state index contributed by atoms with van der Waals surface area (Å²) < 4.78 is 5.58. The number of piperidine rings is 1. The number of rotatable bonds is 7. The highest BCUT2D eigenvalue weighted by Gasteiger charge is 2.20. The second-order valence-electron chi connectivity index (χ2n) is 5.29. The third kappa shape index (κ3) is 5.31. The van der Waals surface area contributed by atoms with Crippen LogP contribution in [0.15, 0.2) is 30.3 Å². The number of hydrogen-bond donors (Lipinski definition) is 2. The molecule has 0 radical (unpaired) electrons. The summed E-state index contributed by atoms with van der Waals surface area (Å²) in [7, 11) is 0. The zero-order valence-corrected chi connectivity index (χ0v) is 11.6. The lowest BCUT2D eigenvalue weighted by Crippen LogP contribution is -2.45. The number of aliphatic hydroxyl groups is 1. The molecule has 1 aromatic rings. The van der Waals surface area contributed by atoms with E-state index in [1.54, 1.807) is 0 Å². The minimum atomic E-state index is -0.364. The van der Waals surface area contributed by atoms with Gasteiger partial charge >= 0.3 is 0 Å². The Morgan fingerprint density at radius 1 is 1.26 bits per heavy atom. The fourth-order valence-corrected chi connectivity index (χ4v) is 2.55. The van der Waals surface area contributed by atoms with E-state index in [1.165, 1.54) is 18.4 Å². The summed E-state index contributed by atoms with van der Waals surface area (Å²) >= 11 is 0. The van der Waals surface area contributed by atoms with Crippen LogP contribution in [0.4, 0.5) is 0 Å². The van der Waals surface area contributed by atoms with Crippen molar-refractivity contribution >= 4 is 0 Å². The van der Waals surface area contributed by atoms with Crippen LogP contribution in [0.5, 0.6) is 0 Å². The number of nitrogens with one attached hydrogen (secondary N) is 1. The van der Waals surface area contributed by atoms with Crippen molar-refractivity contribution in [2.45, 2.75) is 44.2 Å². The van der Waals surface area contributed by atoms with Gasteiger partial charge < -0.3 is 15.2 Å². The van der Waals surface area contributed by atoms with Gasteiger partial charge in [0.25, 0.3) is 0 Å². The highest BCUT2D eigenvalue weighted by Crippen LogP contribution is 2.11. The molecule has 3 nitrogen and oxygen atoms in total. The lowest BCUT2D eigenvalue weighted by molar-refractivity contribution is 0.0105. The predicted molar refractivity (Wildman–Crippen MR) is 77.2 cm³/mol. The zero-order valence-electron chi connectivity index (χ0n) is 11.6. The van der Waals surface area contributed by atoms with E-state index < -0.39 is 0 Å². The molecule has 2 rings (SSSR count). The van der Waals surface area contributed by atoms with Crippen molar-refractivity contribution in [3.8, 4) is 0 Å². The number of ether oxygens (including phenoxy) is 1. The first-order valence-corrected chi connectivity index (χ1v) is 7.39. The molecule has 0 aromatic heterocycles. The van der Waals surface area contributed by atoms with Crippen molar-refractivity contribution in [1.29, 1.82) is 0 Å². The van der Waals surface area contributed by atoms with Gasteiger partial charge in [-0.3, -0.25) is 0 Å². The Balaban J connectivity index is 1.54. The van der Waals surface area contributed by atoms with Crippen molar-refractivity contribution in [1.82, 2.24) is 5.32 Å². The Labute approximate surface area is 116 Å². The van der Waals surface area contributed by atoms with Crippen LogP contribution >= 0.6 is 0 Å². The molecule has 2 N–H and O–H groups in total. The standard InChI is InChI=1S/C16H25NO2/c18-16(15-10-4-5-11-17-15)13-19-12-6-9-14-7-2-1-3-8-14/h1-3,7-8,15-18H,4-6,9-13H2/t15-,16-/m0/s1. The summed E-state index contributed by atoms with van der Waals surface area (Å²) in [6.07, 6.45) is 5.18. The van der Waals surface area contributed by atoms with Crippen LogP contribution in [-0.2, 0) is 11.2 Å². The van der Waals surface area contributed by atoms with Crippen molar-refractivity contribution in [3.63, 3.8) is 0 Å². The van der Waals surface area contributed by atoms with Crippen LogP contribution < -0.4 is 5.32 Å². The maximum Gasteiger partial charge on any atom is 0.0926 e. The first kappa shape index (κ1) is 14.5. The van der Waals surface area contributed by atoms with Crippen molar-refractivity contribution < 1.29 is 9.84 Å². The fourth-order valence-electron chi connectivity index (χ4n) is 2.55. The quantitative estimate of drug-likeness (QED) is 0.741. The molecule has 0 saturated carbocycles. The van der Waals surface area contributed by atoms with E-state index in [9.17, 15) is 5.11 Å². The molecular formula is C16H25NO2. The molecule has 0 aliphatic carbocycles. The molecule has 19 heavy (non-hydrogen) atoms. The summed E-state index contributed by atoms with van der Waals surface area (Å²) in [5.41, 5.74) is 1.35. The highest BCUT2D eigenvalue weighted by molar-refractivity contribution is 5.14. The van der Waals surface area contributed by atoms with Crippen LogP contribution in [0.1, 0.15) is 31.2 Å². The van der Waals surface area contributed by atoms with Gasteiger partial charge in [0, 0.05) is 12.6 Å². The van der Waals surface area contributed by atoms with Gasteiger partial charge in [0.2, 0.25) is 0 Å². The Hall–Kier alpha value is -0.900. The molecule has 1 aliphatic heterocycles. The summed E-state index contributed by atoms with van der Waals surface area (Å²) in [4.78, 5) is 0. The monoisotopic (exact) mass is 263 g/mol. The molecule has 106 valence electrons. The van der Waals surface area contributed by atoms with Gasteiger partial charge in [0.15, 0.2) is 0 Å². The second kappa shape index (κ2) is 8.31. The average molecular weight is 263 g/mol. The van der Waals surface area contributed by atoms with Crippen LogP contribution in [0.2, 0.25) is 0 Å². The summed E-state index contributed by atoms with van der Waals surface area (Å²) in [6, 6.07) is 10.7. The topological polar surface area (TPSA) is 41.5 Å². The molecule has 1 aliphatic rings. The number of hydrogen-bond acceptors (Lipinski definition) is 3. The molecule has 0 bridgehead atoms. The Morgan fingerprint density at radius 2 is 2.11 bits per heavy atom. The van der Waals surface area contributed by atoms with Crippen LogP contribution in [0, 0.1) is 0 Å². The third-order valence-electron chi connectivity index (χ3n) is 3.70.